The third-order valence-corrected chi connectivity index (χ3v) is 5.65. The molecule has 0 saturated heterocycles. The fraction of sp³-hybridized carbons (Fsp3) is 0.0833. The minimum atomic E-state index is -1.63. The van der Waals surface area contributed by atoms with Gasteiger partial charge in [-0.15, -0.1) is 0 Å². The summed E-state index contributed by atoms with van der Waals surface area (Å²) in [7, 11) is 0. The van der Waals surface area contributed by atoms with Gasteiger partial charge in [-0.2, -0.15) is 13.9 Å². The lowest BCUT2D eigenvalue weighted by molar-refractivity contribution is 0.102. The quantitative estimate of drug-likeness (QED) is 0.218. The Balaban J connectivity index is 1.38. The minimum absolute atomic E-state index is 0.0978. The van der Waals surface area contributed by atoms with Gasteiger partial charge in [-0.3, -0.25) is 9.48 Å². The molecule has 0 aliphatic carbocycles. The summed E-state index contributed by atoms with van der Waals surface area (Å²) in [6.07, 6.45) is 3.08. The second-order valence-corrected chi connectivity index (χ2v) is 8.18. The maximum atomic E-state index is 13.7. The van der Waals surface area contributed by atoms with Crippen molar-refractivity contribution in [3.05, 3.63) is 111 Å². The van der Waals surface area contributed by atoms with Crippen LogP contribution in [0.3, 0.4) is 0 Å². The van der Waals surface area contributed by atoms with Crippen LogP contribution in [-0.2, 0) is 13.2 Å². The zero-order chi connectivity index (χ0) is 25.1. The van der Waals surface area contributed by atoms with Crippen LogP contribution in [0, 0.1) is 23.3 Å². The number of benzene rings is 3. The number of rotatable bonds is 7. The van der Waals surface area contributed by atoms with E-state index in [0.29, 0.717) is 33.4 Å². The molecular formula is C24H15Cl2F4N3O2. The van der Waals surface area contributed by atoms with Crippen LogP contribution in [0.5, 0.6) is 5.75 Å². The van der Waals surface area contributed by atoms with Crippen molar-refractivity contribution in [3.63, 3.8) is 0 Å². The number of carbonyl (C=O) groups excluding carboxylic acids is 1. The Bertz CT molecular complexity index is 1350. The van der Waals surface area contributed by atoms with E-state index < -0.39 is 34.9 Å². The zero-order valence-electron chi connectivity index (χ0n) is 17.7. The van der Waals surface area contributed by atoms with Crippen molar-refractivity contribution in [1.82, 2.24) is 9.78 Å². The fourth-order valence-electron chi connectivity index (χ4n) is 3.15. The van der Waals surface area contributed by atoms with E-state index in [1.54, 1.807) is 29.1 Å². The number of hydrogen-bond acceptors (Lipinski definition) is 3. The van der Waals surface area contributed by atoms with Crippen molar-refractivity contribution in [2.75, 3.05) is 5.32 Å². The van der Waals surface area contributed by atoms with Crippen LogP contribution in [0.2, 0.25) is 10.0 Å². The molecule has 0 radical (unpaired) electrons. The Labute approximate surface area is 206 Å². The van der Waals surface area contributed by atoms with E-state index in [0.717, 1.165) is 0 Å². The van der Waals surface area contributed by atoms with Gasteiger partial charge in [-0.05, 0) is 29.8 Å². The predicted molar refractivity (Wildman–Crippen MR) is 123 cm³/mol. The molecule has 0 atom stereocenters. The van der Waals surface area contributed by atoms with Crippen LogP contribution in [0.25, 0.3) is 0 Å². The number of ether oxygens (including phenoxy) is 1. The number of carbonyl (C=O) groups is 1. The first-order valence-electron chi connectivity index (χ1n) is 10.0. The van der Waals surface area contributed by atoms with Crippen molar-refractivity contribution in [3.8, 4) is 5.75 Å². The molecule has 180 valence electrons. The monoisotopic (exact) mass is 523 g/mol. The molecule has 0 saturated carbocycles. The summed E-state index contributed by atoms with van der Waals surface area (Å²) in [6, 6.07) is 11.1. The highest BCUT2D eigenvalue weighted by Gasteiger charge is 2.20. The number of aromatic nitrogens is 2. The highest BCUT2D eigenvalue weighted by Crippen LogP contribution is 2.28. The molecular weight excluding hydrogens is 509 g/mol. The Morgan fingerprint density at radius 3 is 2.23 bits per heavy atom. The van der Waals surface area contributed by atoms with Crippen molar-refractivity contribution in [2.45, 2.75) is 13.2 Å². The third kappa shape index (κ3) is 5.58. The van der Waals surface area contributed by atoms with E-state index in [-0.39, 0.29) is 18.2 Å². The van der Waals surface area contributed by atoms with E-state index in [9.17, 15) is 22.4 Å². The van der Waals surface area contributed by atoms with Gasteiger partial charge in [0.1, 0.15) is 6.61 Å². The average molecular weight is 524 g/mol. The molecule has 3 aromatic carbocycles. The normalized spacial score (nSPS) is 10.9. The van der Waals surface area contributed by atoms with Gasteiger partial charge in [-0.25, -0.2) is 8.78 Å². The highest BCUT2D eigenvalue weighted by atomic mass is 35.5. The zero-order valence-corrected chi connectivity index (χ0v) is 19.2. The van der Waals surface area contributed by atoms with E-state index in [2.05, 4.69) is 10.4 Å². The summed E-state index contributed by atoms with van der Waals surface area (Å²) < 4.78 is 60.5. The molecule has 0 unspecified atom stereocenters. The van der Waals surface area contributed by atoms with Crippen LogP contribution >= 0.6 is 23.2 Å². The standard InChI is InChI=1S/C24H15Cl2F4N3O2/c25-17-2-1-3-18(26)16(17)11-33-10-15(9-31-33)32-24(34)14-6-4-13(5-7-14)12-35-23-21(29)19(27)8-20(28)22(23)30/h1-10H,11-12H2,(H,32,34). The van der Waals surface area contributed by atoms with Crippen LogP contribution in [-0.4, -0.2) is 15.7 Å². The van der Waals surface area contributed by atoms with E-state index in [1.807, 2.05) is 0 Å². The Morgan fingerprint density at radius 2 is 1.60 bits per heavy atom. The number of amides is 1. The van der Waals surface area contributed by atoms with Crippen LogP contribution in [0.15, 0.2) is 60.9 Å². The summed E-state index contributed by atoms with van der Waals surface area (Å²) in [5, 5.41) is 7.88. The molecule has 4 rings (SSSR count). The number of anilines is 1. The predicted octanol–water partition coefficient (Wildman–Crippen LogP) is 6.63. The molecule has 0 spiro atoms. The van der Waals surface area contributed by atoms with Crippen LogP contribution in [0.4, 0.5) is 23.2 Å². The van der Waals surface area contributed by atoms with Gasteiger partial charge >= 0.3 is 0 Å². The maximum absolute atomic E-state index is 13.7. The first-order chi connectivity index (χ1) is 16.7. The highest BCUT2D eigenvalue weighted by molar-refractivity contribution is 6.35. The first kappa shape index (κ1) is 24.6. The van der Waals surface area contributed by atoms with Crippen molar-refractivity contribution in [2.24, 2.45) is 0 Å². The van der Waals surface area contributed by atoms with E-state index in [4.69, 9.17) is 27.9 Å². The largest absolute Gasteiger partial charge is 0.483 e. The molecule has 1 amide bonds. The van der Waals surface area contributed by atoms with Gasteiger partial charge in [0.05, 0.1) is 18.4 Å². The number of nitrogens with zero attached hydrogens (tertiary/aromatic N) is 2. The first-order valence-corrected chi connectivity index (χ1v) is 10.8. The molecule has 0 aliphatic heterocycles. The van der Waals surface area contributed by atoms with Crippen molar-refractivity contribution < 1.29 is 27.1 Å². The second-order valence-electron chi connectivity index (χ2n) is 7.36. The van der Waals surface area contributed by atoms with Gasteiger partial charge in [0.15, 0.2) is 17.4 Å². The van der Waals surface area contributed by atoms with Crippen LogP contribution < -0.4 is 10.1 Å². The number of hydrogen-bond donors (Lipinski definition) is 1. The molecule has 35 heavy (non-hydrogen) atoms. The summed E-state index contributed by atoms with van der Waals surface area (Å²) >= 11 is 12.4. The van der Waals surface area contributed by atoms with Gasteiger partial charge in [-0.1, -0.05) is 41.4 Å². The van der Waals surface area contributed by atoms with E-state index >= 15 is 0 Å². The van der Waals surface area contributed by atoms with E-state index in [1.165, 1.54) is 30.5 Å². The van der Waals surface area contributed by atoms with Crippen molar-refractivity contribution in [1.29, 1.82) is 0 Å². The summed E-state index contributed by atoms with van der Waals surface area (Å²) in [5.41, 5.74) is 1.82. The smallest absolute Gasteiger partial charge is 0.255 e. The fourth-order valence-corrected chi connectivity index (χ4v) is 3.67. The Hall–Kier alpha value is -3.56. The lowest BCUT2D eigenvalue weighted by atomic mass is 10.1. The molecule has 0 fully saturated rings. The molecule has 1 aromatic heterocycles. The topological polar surface area (TPSA) is 56.2 Å². The third-order valence-electron chi connectivity index (χ3n) is 4.94. The number of halogens is 6. The molecule has 0 aliphatic rings. The molecule has 5 nitrogen and oxygen atoms in total. The molecule has 4 aromatic rings. The molecule has 11 heteroatoms. The summed E-state index contributed by atoms with van der Waals surface area (Å²) in [6.45, 7) is -0.0739. The minimum Gasteiger partial charge on any atom is -0.483 e. The lowest BCUT2D eigenvalue weighted by Gasteiger charge is -2.10. The Morgan fingerprint density at radius 1 is 0.971 bits per heavy atom. The average Bonchev–Trinajstić information content (AvgIpc) is 3.27. The maximum Gasteiger partial charge on any atom is 0.255 e. The van der Waals surface area contributed by atoms with Crippen LogP contribution in [0.1, 0.15) is 21.5 Å². The summed E-state index contributed by atoms with van der Waals surface area (Å²) in [5.74, 6) is -7.97. The molecule has 1 heterocycles. The second kappa shape index (κ2) is 10.4. The van der Waals surface area contributed by atoms with Crippen molar-refractivity contribution >= 4 is 34.8 Å². The lowest BCUT2D eigenvalue weighted by Crippen LogP contribution is -2.11. The summed E-state index contributed by atoms with van der Waals surface area (Å²) in [4.78, 5) is 12.5. The molecule has 0 bridgehead atoms. The molecule has 1 N–H and O–H groups in total. The SMILES string of the molecule is O=C(Nc1cnn(Cc2c(Cl)cccc2Cl)c1)c1ccc(COc2c(F)c(F)cc(F)c2F)cc1. The van der Waals surface area contributed by atoms with Gasteiger partial charge in [0, 0.05) is 33.4 Å². The van der Waals surface area contributed by atoms with Gasteiger partial charge < -0.3 is 10.1 Å². The number of nitrogens with one attached hydrogen (secondary N) is 1. The Kier molecular flexibility index (Phi) is 7.28. The van der Waals surface area contributed by atoms with Gasteiger partial charge in [0.25, 0.3) is 5.91 Å². The van der Waals surface area contributed by atoms with Gasteiger partial charge in [0.2, 0.25) is 11.6 Å².